The van der Waals surface area contributed by atoms with E-state index >= 15 is 0 Å². The fourth-order valence-electron chi connectivity index (χ4n) is 3.49. The van der Waals surface area contributed by atoms with Crippen LogP contribution in [0.3, 0.4) is 0 Å². The Kier molecular flexibility index (Phi) is 4.37. The molecule has 3 aliphatic rings. The van der Waals surface area contributed by atoms with Crippen LogP contribution < -0.4 is 0 Å². The maximum atomic E-state index is 12.6. The number of hydrogen-bond acceptors (Lipinski definition) is 5. The Labute approximate surface area is 140 Å². The van der Waals surface area contributed by atoms with Crippen molar-refractivity contribution >= 4 is 17.9 Å². The Morgan fingerprint density at radius 2 is 2.04 bits per heavy atom. The smallest absolute Gasteiger partial charge is 0.228 e. The minimum Gasteiger partial charge on any atom is -0.381 e. The van der Waals surface area contributed by atoms with Gasteiger partial charge in [-0.05, 0) is 48.1 Å². The molecule has 122 valence electrons. The van der Waals surface area contributed by atoms with Gasteiger partial charge in [0.1, 0.15) is 5.03 Å². The van der Waals surface area contributed by atoms with Crippen molar-refractivity contribution in [2.75, 3.05) is 39.4 Å². The third-order valence-corrected chi connectivity index (χ3v) is 5.62. The lowest BCUT2D eigenvalue weighted by atomic mass is 10.0. The van der Waals surface area contributed by atoms with E-state index in [9.17, 15) is 4.79 Å². The minimum absolute atomic E-state index is 0.0720. The second-order valence-corrected chi connectivity index (χ2v) is 7.49. The lowest BCUT2D eigenvalue weighted by molar-refractivity contribution is -0.138. The van der Waals surface area contributed by atoms with Crippen molar-refractivity contribution in [3.63, 3.8) is 0 Å². The van der Waals surface area contributed by atoms with Crippen molar-refractivity contribution in [2.24, 2.45) is 5.92 Å². The van der Waals surface area contributed by atoms with Crippen LogP contribution in [0.1, 0.15) is 12.8 Å². The zero-order valence-electron chi connectivity index (χ0n) is 13.1. The summed E-state index contributed by atoms with van der Waals surface area (Å²) < 4.78 is 7.79. The van der Waals surface area contributed by atoms with E-state index in [4.69, 9.17) is 4.74 Å². The average molecular weight is 331 g/mol. The largest absolute Gasteiger partial charge is 0.381 e. The average Bonchev–Trinajstić information content (AvgIpc) is 3.14. The van der Waals surface area contributed by atoms with Gasteiger partial charge in [-0.15, -0.1) is 0 Å². The molecular weight excluding hydrogens is 310 g/mol. The van der Waals surface area contributed by atoms with Crippen molar-refractivity contribution in [3.05, 3.63) is 35.5 Å². The van der Waals surface area contributed by atoms with Gasteiger partial charge in [-0.1, -0.05) is 6.07 Å². The maximum Gasteiger partial charge on any atom is 0.228 e. The van der Waals surface area contributed by atoms with Crippen LogP contribution in [-0.2, 0) is 9.53 Å². The number of nitrogens with zero attached hydrogens (tertiary/aromatic N) is 3. The molecule has 1 atom stereocenters. The van der Waals surface area contributed by atoms with Crippen molar-refractivity contribution < 1.29 is 9.53 Å². The quantitative estimate of drug-likeness (QED) is 0.626. The van der Waals surface area contributed by atoms with Crippen LogP contribution in [0.5, 0.6) is 0 Å². The molecule has 0 N–H and O–H groups in total. The van der Waals surface area contributed by atoms with Crippen molar-refractivity contribution in [3.8, 4) is 0 Å². The number of hydrogen-bond donors (Lipinski definition) is 0. The van der Waals surface area contributed by atoms with E-state index < -0.39 is 0 Å². The van der Waals surface area contributed by atoms with Gasteiger partial charge in [-0.2, -0.15) is 0 Å². The highest BCUT2D eigenvalue weighted by molar-refractivity contribution is 7.97. The molecule has 0 aromatic carbocycles. The molecule has 4 rings (SSSR count). The van der Waals surface area contributed by atoms with Crippen LogP contribution in [0.15, 0.2) is 40.6 Å². The molecule has 0 unspecified atom stereocenters. The Morgan fingerprint density at radius 3 is 2.70 bits per heavy atom. The summed E-state index contributed by atoms with van der Waals surface area (Å²) in [5.41, 5.74) is 2.83. The molecule has 6 heteroatoms. The van der Waals surface area contributed by atoms with Crippen LogP contribution in [0.4, 0.5) is 0 Å². The summed E-state index contributed by atoms with van der Waals surface area (Å²) in [6, 6.07) is 5.98. The first-order chi connectivity index (χ1) is 11.3. The molecule has 5 nitrogen and oxygen atoms in total. The van der Waals surface area contributed by atoms with Crippen molar-refractivity contribution in [1.29, 1.82) is 0 Å². The number of ether oxygens (including phenoxy) is 1. The van der Waals surface area contributed by atoms with Gasteiger partial charge in [0.05, 0.1) is 12.5 Å². The molecule has 1 saturated heterocycles. The molecular formula is C17H21N3O2S. The molecule has 23 heavy (non-hydrogen) atoms. The van der Waals surface area contributed by atoms with E-state index in [1.165, 1.54) is 11.1 Å². The summed E-state index contributed by atoms with van der Waals surface area (Å²) in [6.07, 6.45) is 3.81. The van der Waals surface area contributed by atoms with Crippen LogP contribution in [-0.4, -0.2) is 59.5 Å². The van der Waals surface area contributed by atoms with Gasteiger partial charge in [-0.25, -0.2) is 9.29 Å². The number of carbonyl (C=O) groups excluding carboxylic acids is 1. The minimum atomic E-state index is 0.0720. The first-order valence-electron chi connectivity index (χ1n) is 8.20. The molecule has 1 amide bonds. The molecule has 1 aromatic rings. The van der Waals surface area contributed by atoms with E-state index in [1.54, 1.807) is 11.9 Å². The zero-order valence-corrected chi connectivity index (χ0v) is 13.9. The van der Waals surface area contributed by atoms with Crippen LogP contribution in [0.25, 0.3) is 0 Å². The van der Waals surface area contributed by atoms with E-state index in [0.29, 0.717) is 6.61 Å². The first kappa shape index (κ1) is 15.2. The summed E-state index contributed by atoms with van der Waals surface area (Å²) in [5, 5.41) is 1.03. The van der Waals surface area contributed by atoms with E-state index in [0.717, 1.165) is 50.7 Å². The molecule has 0 bridgehead atoms. The maximum absolute atomic E-state index is 12.6. The predicted octanol–water partition coefficient (Wildman–Crippen LogP) is 1.97. The zero-order chi connectivity index (χ0) is 15.6. The lowest BCUT2D eigenvalue weighted by Crippen LogP contribution is -2.40. The van der Waals surface area contributed by atoms with Gasteiger partial charge < -0.3 is 9.64 Å². The van der Waals surface area contributed by atoms with Crippen LogP contribution in [0.2, 0.25) is 0 Å². The molecule has 3 aliphatic heterocycles. The van der Waals surface area contributed by atoms with Gasteiger partial charge in [0, 0.05) is 39.0 Å². The summed E-state index contributed by atoms with van der Waals surface area (Å²) in [5.74, 6) is 0.353. The Bertz CT molecular complexity index is 596. The highest BCUT2D eigenvalue weighted by Crippen LogP contribution is 2.33. The normalized spacial score (nSPS) is 25.0. The van der Waals surface area contributed by atoms with E-state index in [-0.39, 0.29) is 11.8 Å². The summed E-state index contributed by atoms with van der Waals surface area (Å²) in [7, 11) is 0. The predicted molar refractivity (Wildman–Crippen MR) is 88.8 cm³/mol. The molecule has 1 fully saturated rings. The monoisotopic (exact) mass is 331 g/mol. The lowest BCUT2D eigenvalue weighted by Gasteiger charge is -2.28. The number of pyridine rings is 1. The van der Waals surface area contributed by atoms with Gasteiger partial charge in [0.15, 0.2) is 0 Å². The van der Waals surface area contributed by atoms with Crippen LogP contribution in [0, 0.1) is 5.92 Å². The number of aromatic nitrogens is 1. The summed E-state index contributed by atoms with van der Waals surface area (Å²) in [6.45, 7) is 4.86. The van der Waals surface area contributed by atoms with Crippen LogP contribution >= 0.6 is 11.9 Å². The Hall–Kier alpha value is -1.37. The van der Waals surface area contributed by atoms with Gasteiger partial charge in [0.25, 0.3) is 0 Å². The molecule has 1 aromatic heterocycles. The van der Waals surface area contributed by atoms with E-state index in [1.807, 2.05) is 29.3 Å². The van der Waals surface area contributed by atoms with Crippen molar-refractivity contribution in [1.82, 2.24) is 14.2 Å². The molecule has 0 aliphatic carbocycles. The Balaban J connectivity index is 1.31. The number of carbonyl (C=O) groups is 1. The first-order valence-corrected chi connectivity index (χ1v) is 8.97. The standard InChI is InChI=1S/C17H21N3O2S/c21-17(13-4-3-7-22-12-13)19-8-14-10-20(11-15(14)9-19)23-16-5-1-2-6-18-16/h1-2,5-6,13H,3-4,7-12H2/t13-/m0/s1. The topological polar surface area (TPSA) is 45.7 Å². The third-order valence-electron chi connectivity index (χ3n) is 4.68. The fourth-order valence-corrected chi connectivity index (χ4v) is 4.45. The SMILES string of the molecule is O=C([C@H]1CCCOC1)N1CC2=C(CN(Sc3ccccn3)C2)C1. The summed E-state index contributed by atoms with van der Waals surface area (Å²) in [4.78, 5) is 19.0. The Morgan fingerprint density at radius 1 is 1.22 bits per heavy atom. The highest BCUT2D eigenvalue weighted by Gasteiger charge is 2.35. The fraction of sp³-hybridized carbons (Fsp3) is 0.529. The number of amides is 1. The molecule has 0 saturated carbocycles. The van der Waals surface area contributed by atoms with Gasteiger partial charge in [0.2, 0.25) is 5.91 Å². The molecule has 0 spiro atoms. The highest BCUT2D eigenvalue weighted by atomic mass is 32.2. The third kappa shape index (κ3) is 3.29. The molecule has 4 heterocycles. The number of rotatable bonds is 3. The van der Waals surface area contributed by atoms with Gasteiger partial charge >= 0.3 is 0 Å². The van der Waals surface area contributed by atoms with Gasteiger partial charge in [-0.3, -0.25) is 4.79 Å². The second kappa shape index (κ2) is 6.63. The van der Waals surface area contributed by atoms with Crippen molar-refractivity contribution in [2.45, 2.75) is 17.9 Å². The van der Waals surface area contributed by atoms with E-state index in [2.05, 4.69) is 9.29 Å². The second-order valence-electron chi connectivity index (χ2n) is 6.37. The molecule has 0 radical (unpaired) electrons. The summed E-state index contributed by atoms with van der Waals surface area (Å²) >= 11 is 1.70.